The van der Waals surface area contributed by atoms with Crippen molar-refractivity contribution in [2.45, 2.75) is 58.2 Å². The first-order valence-electron chi connectivity index (χ1n) is 8.05. The summed E-state index contributed by atoms with van der Waals surface area (Å²) in [7, 11) is 0. The molecule has 120 valence electrons. The van der Waals surface area contributed by atoms with Crippen LogP contribution in [0, 0.1) is 0 Å². The zero-order chi connectivity index (χ0) is 15.7. The maximum atomic E-state index is 5.51. The Bertz CT molecular complexity index is 407. The SMILES string of the molecule is CC.CC1(C)CCCCN1SCc1cccc(NCN)c1. The van der Waals surface area contributed by atoms with Crippen molar-refractivity contribution in [3.05, 3.63) is 29.8 Å². The van der Waals surface area contributed by atoms with E-state index in [9.17, 15) is 0 Å². The summed E-state index contributed by atoms with van der Waals surface area (Å²) in [6, 6.07) is 8.53. The predicted molar refractivity (Wildman–Crippen MR) is 96.4 cm³/mol. The van der Waals surface area contributed by atoms with Gasteiger partial charge in [-0.15, -0.1) is 0 Å². The molecule has 0 unspecified atom stereocenters. The Kier molecular flexibility index (Phi) is 8.15. The van der Waals surface area contributed by atoms with Crippen LogP contribution in [0.3, 0.4) is 0 Å². The van der Waals surface area contributed by atoms with Crippen LogP contribution in [-0.2, 0) is 5.75 Å². The molecule has 0 aromatic heterocycles. The molecule has 0 saturated carbocycles. The lowest BCUT2D eigenvalue weighted by molar-refractivity contribution is 0.186. The van der Waals surface area contributed by atoms with Crippen molar-refractivity contribution in [1.82, 2.24) is 4.31 Å². The van der Waals surface area contributed by atoms with Crippen LogP contribution in [0.15, 0.2) is 24.3 Å². The monoisotopic (exact) mass is 309 g/mol. The lowest BCUT2D eigenvalue weighted by atomic mass is 9.93. The van der Waals surface area contributed by atoms with Gasteiger partial charge in [-0.3, -0.25) is 0 Å². The van der Waals surface area contributed by atoms with Crippen LogP contribution in [0.1, 0.15) is 52.5 Å². The highest BCUT2D eigenvalue weighted by Crippen LogP contribution is 2.34. The number of rotatable bonds is 5. The van der Waals surface area contributed by atoms with E-state index >= 15 is 0 Å². The Hall–Kier alpha value is -0.710. The van der Waals surface area contributed by atoms with Crippen molar-refractivity contribution < 1.29 is 0 Å². The molecule has 0 spiro atoms. The summed E-state index contributed by atoms with van der Waals surface area (Å²) in [6.45, 7) is 10.4. The fraction of sp³-hybridized carbons (Fsp3) is 0.647. The summed E-state index contributed by atoms with van der Waals surface area (Å²) in [5.74, 6) is 1.03. The fourth-order valence-corrected chi connectivity index (χ4v) is 3.70. The van der Waals surface area contributed by atoms with E-state index < -0.39 is 0 Å². The largest absolute Gasteiger partial charge is 0.373 e. The van der Waals surface area contributed by atoms with Gasteiger partial charge in [0.05, 0.1) is 6.67 Å². The maximum Gasteiger partial charge on any atom is 0.0628 e. The van der Waals surface area contributed by atoms with Crippen molar-refractivity contribution in [1.29, 1.82) is 0 Å². The number of nitrogens with two attached hydrogens (primary N) is 1. The predicted octanol–water partition coefficient (Wildman–Crippen LogP) is 4.45. The molecule has 4 heteroatoms. The zero-order valence-corrected chi connectivity index (χ0v) is 14.8. The second kappa shape index (κ2) is 9.34. The Balaban J connectivity index is 0.00000106. The van der Waals surface area contributed by atoms with Gasteiger partial charge in [-0.2, -0.15) is 0 Å². The van der Waals surface area contributed by atoms with Crippen molar-refractivity contribution in [3.63, 3.8) is 0 Å². The number of nitrogens with zero attached hydrogens (tertiary/aromatic N) is 1. The first-order valence-corrected chi connectivity index (χ1v) is 8.99. The third kappa shape index (κ3) is 5.89. The van der Waals surface area contributed by atoms with Gasteiger partial charge in [0.2, 0.25) is 0 Å². The molecular weight excluding hydrogens is 278 g/mol. The van der Waals surface area contributed by atoms with E-state index in [-0.39, 0.29) is 0 Å². The van der Waals surface area contributed by atoms with Gasteiger partial charge in [0, 0.05) is 23.5 Å². The van der Waals surface area contributed by atoms with Crippen LogP contribution in [0.25, 0.3) is 0 Å². The average Bonchev–Trinajstić information content (AvgIpc) is 2.49. The van der Waals surface area contributed by atoms with Gasteiger partial charge in [-0.05, 0) is 44.4 Å². The van der Waals surface area contributed by atoms with Crippen molar-refractivity contribution in [3.8, 4) is 0 Å². The summed E-state index contributed by atoms with van der Waals surface area (Å²) >= 11 is 1.96. The molecule has 3 nitrogen and oxygen atoms in total. The van der Waals surface area contributed by atoms with Gasteiger partial charge < -0.3 is 11.1 Å². The molecule has 3 N–H and O–H groups in total. The first kappa shape index (κ1) is 18.3. The minimum atomic E-state index is 0.329. The van der Waals surface area contributed by atoms with E-state index in [1.54, 1.807) is 0 Å². The van der Waals surface area contributed by atoms with E-state index in [4.69, 9.17) is 5.73 Å². The first-order chi connectivity index (χ1) is 10.1. The molecule has 1 saturated heterocycles. The molecule has 1 aromatic rings. The van der Waals surface area contributed by atoms with E-state index in [0.29, 0.717) is 12.2 Å². The molecule has 2 rings (SSSR count). The molecule has 1 aliphatic rings. The second-order valence-electron chi connectivity index (χ2n) is 5.73. The highest BCUT2D eigenvalue weighted by Gasteiger charge is 2.29. The summed E-state index contributed by atoms with van der Waals surface area (Å²) in [6.07, 6.45) is 3.99. The van der Waals surface area contributed by atoms with Crippen LogP contribution in [0.5, 0.6) is 0 Å². The molecule has 0 bridgehead atoms. The smallest absolute Gasteiger partial charge is 0.0628 e. The topological polar surface area (TPSA) is 41.3 Å². The van der Waals surface area contributed by atoms with Crippen LogP contribution >= 0.6 is 11.9 Å². The molecule has 1 fully saturated rings. The van der Waals surface area contributed by atoms with E-state index in [0.717, 1.165) is 11.4 Å². The number of piperidine rings is 1. The average molecular weight is 310 g/mol. The van der Waals surface area contributed by atoms with Gasteiger partial charge in [-0.25, -0.2) is 4.31 Å². The van der Waals surface area contributed by atoms with Crippen LogP contribution in [0.2, 0.25) is 0 Å². The molecule has 0 aliphatic carbocycles. The quantitative estimate of drug-likeness (QED) is 0.622. The summed E-state index contributed by atoms with van der Waals surface area (Å²) in [5, 5.41) is 3.16. The van der Waals surface area contributed by atoms with Gasteiger partial charge in [-0.1, -0.05) is 44.3 Å². The maximum absolute atomic E-state index is 5.51. The number of hydrogen-bond donors (Lipinski definition) is 2. The Morgan fingerprint density at radius 3 is 2.71 bits per heavy atom. The Morgan fingerprint density at radius 1 is 1.29 bits per heavy atom. The number of benzene rings is 1. The van der Waals surface area contributed by atoms with Crippen molar-refractivity contribution in [2.75, 3.05) is 18.5 Å². The highest BCUT2D eigenvalue weighted by atomic mass is 32.2. The molecule has 1 heterocycles. The lowest BCUT2D eigenvalue weighted by Crippen LogP contribution is -2.42. The van der Waals surface area contributed by atoms with Crippen molar-refractivity contribution in [2.24, 2.45) is 5.73 Å². The van der Waals surface area contributed by atoms with E-state index in [2.05, 4.69) is 47.7 Å². The fourth-order valence-electron chi connectivity index (χ4n) is 2.52. The van der Waals surface area contributed by atoms with Gasteiger partial charge in [0.25, 0.3) is 0 Å². The summed E-state index contributed by atoms with van der Waals surface area (Å²) in [4.78, 5) is 0. The molecule has 21 heavy (non-hydrogen) atoms. The third-order valence-electron chi connectivity index (χ3n) is 3.70. The molecule has 1 aromatic carbocycles. The third-order valence-corrected chi connectivity index (χ3v) is 5.15. The standard InChI is InChI=1S/C15H25N3S.C2H6/c1-15(2)8-3-4-9-18(15)19-11-13-6-5-7-14(10-13)17-12-16;1-2/h5-7,10,17H,3-4,8-9,11-12,16H2,1-2H3;1-2H3. The lowest BCUT2D eigenvalue weighted by Gasteiger charge is -2.41. The van der Waals surface area contributed by atoms with Gasteiger partial charge >= 0.3 is 0 Å². The van der Waals surface area contributed by atoms with Crippen LogP contribution < -0.4 is 11.1 Å². The Labute approximate surface area is 134 Å². The van der Waals surface area contributed by atoms with Crippen LogP contribution in [0.4, 0.5) is 5.69 Å². The van der Waals surface area contributed by atoms with Crippen molar-refractivity contribution >= 4 is 17.6 Å². The molecule has 0 atom stereocenters. The summed E-state index contributed by atoms with van der Waals surface area (Å²) < 4.78 is 2.56. The molecule has 1 aliphatic heterocycles. The van der Waals surface area contributed by atoms with Crippen LogP contribution in [-0.4, -0.2) is 23.1 Å². The minimum Gasteiger partial charge on any atom is -0.373 e. The number of hydrogen-bond acceptors (Lipinski definition) is 4. The highest BCUT2D eigenvalue weighted by molar-refractivity contribution is 7.96. The molecule has 0 radical (unpaired) electrons. The van der Waals surface area contributed by atoms with E-state index in [1.165, 1.54) is 31.4 Å². The normalized spacial score (nSPS) is 17.8. The minimum absolute atomic E-state index is 0.329. The Morgan fingerprint density at radius 2 is 2.05 bits per heavy atom. The molecular formula is C17H31N3S. The van der Waals surface area contributed by atoms with Gasteiger partial charge in [0.15, 0.2) is 0 Å². The number of nitrogens with one attached hydrogen (secondary N) is 1. The zero-order valence-electron chi connectivity index (χ0n) is 14.0. The summed E-state index contributed by atoms with van der Waals surface area (Å²) in [5.41, 5.74) is 8.30. The number of anilines is 1. The second-order valence-corrected chi connectivity index (χ2v) is 6.71. The van der Waals surface area contributed by atoms with Gasteiger partial charge in [0.1, 0.15) is 0 Å². The molecule has 0 amide bonds. The van der Waals surface area contributed by atoms with E-state index in [1.807, 2.05) is 25.8 Å².